The molecular weight excluding hydrogens is 612 g/mol. The van der Waals surface area contributed by atoms with Crippen LogP contribution in [0.25, 0.3) is 0 Å². The highest BCUT2D eigenvalue weighted by atomic mass is 79.9. The van der Waals surface area contributed by atoms with Crippen LogP contribution in [0.2, 0.25) is 0 Å². The molecule has 1 amide bonds. The summed E-state index contributed by atoms with van der Waals surface area (Å²) in [5.74, 6) is 0.232. The van der Waals surface area contributed by atoms with Gasteiger partial charge in [0.25, 0.3) is 5.91 Å². The van der Waals surface area contributed by atoms with E-state index in [9.17, 15) is 9.59 Å². The Kier molecular flexibility index (Phi) is 11.0. The molecule has 0 fully saturated rings. The Hall–Kier alpha value is -3.69. The van der Waals surface area contributed by atoms with Crippen molar-refractivity contribution in [2.45, 2.75) is 63.7 Å². The van der Waals surface area contributed by atoms with Gasteiger partial charge >= 0.3 is 5.97 Å². The van der Waals surface area contributed by atoms with E-state index in [2.05, 4.69) is 21.2 Å². The average molecular weight is 652 g/mol. The summed E-state index contributed by atoms with van der Waals surface area (Å²) < 4.78 is 18.7. The Bertz CT molecular complexity index is 1390. The van der Waals surface area contributed by atoms with Crippen LogP contribution in [0, 0.1) is 0 Å². The van der Waals surface area contributed by atoms with Gasteiger partial charge in [0.2, 0.25) is 5.90 Å². The third kappa shape index (κ3) is 8.91. The summed E-state index contributed by atoms with van der Waals surface area (Å²) in [6.45, 7) is 6.29. The number of ether oxygens (including phenoxy) is 3. The number of halogens is 1. The van der Waals surface area contributed by atoms with E-state index >= 15 is 0 Å². The molecule has 3 aromatic carbocycles. The number of hydrogen-bond acceptors (Lipinski definition) is 7. The van der Waals surface area contributed by atoms with Crippen LogP contribution in [0.5, 0.6) is 5.75 Å². The van der Waals surface area contributed by atoms with Gasteiger partial charge in [-0.3, -0.25) is 9.59 Å². The van der Waals surface area contributed by atoms with Gasteiger partial charge in [-0.2, -0.15) is 0 Å². The van der Waals surface area contributed by atoms with Crippen molar-refractivity contribution in [3.05, 3.63) is 100 Å². The van der Waals surface area contributed by atoms with E-state index in [1.807, 2.05) is 87.5 Å². The number of aliphatic hydroxyl groups excluding tert-OH is 1. The van der Waals surface area contributed by atoms with Crippen molar-refractivity contribution in [3.8, 4) is 5.75 Å². The number of rotatable bonds is 13. The molecule has 4 rings (SSSR count). The lowest BCUT2D eigenvalue weighted by Crippen LogP contribution is -2.49. The first-order chi connectivity index (χ1) is 20.6. The highest BCUT2D eigenvalue weighted by Gasteiger charge is 2.53. The van der Waals surface area contributed by atoms with Crippen LogP contribution in [0.1, 0.15) is 62.8 Å². The molecule has 1 heterocycles. The number of aliphatic imine (C=N–C) groups is 1. The molecule has 43 heavy (non-hydrogen) atoms. The molecule has 228 valence electrons. The van der Waals surface area contributed by atoms with Gasteiger partial charge < -0.3 is 24.6 Å². The number of hydrogen-bond donors (Lipinski definition) is 2. The topological polar surface area (TPSA) is 106 Å². The lowest BCUT2D eigenvalue weighted by Gasteiger charge is -2.31. The first kappa shape index (κ1) is 32.2. The number of aliphatic hydroxyl groups is 1. The minimum atomic E-state index is -1.41. The van der Waals surface area contributed by atoms with Crippen molar-refractivity contribution in [1.82, 2.24) is 5.32 Å². The number of amides is 1. The van der Waals surface area contributed by atoms with Crippen LogP contribution in [0.4, 0.5) is 0 Å². The van der Waals surface area contributed by atoms with Gasteiger partial charge in [0.1, 0.15) is 11.4 Å². The van der Waals surface area contributed by atoms with E-state index in [-0.39, 0.29) is 25.4 Å². The number of esters is 1. The lowest BCUT2D eigenvalue weighted by atomic mass is 9.83. The molecule has 1 aliphatic rings. The van der Waals surface area contributed by atoms with Crippen molar-refractivity contribution in [2.75, 3.05) is 19.8 Å². The van der Waals surface area contributed by atoms with Crippen LogP contribution in [0.3, 0.4) is 0 Å². The number of carbonyl (C=O) groups is 2. The van der Waals surface area contributed by atoms with Crippen molar-refractivity contribution < 1.29 is 28.9 Å². The largest absolute Gasteiger partial charge is 0.494 e. The van der Waals surface area contributed by atoms with Crippen molar-refractivity contribution >= 4 is 33.7 Å². The Morgan fingerprint density at radius 1 is 1.02 bits per heavy atom. The van der Waals surface area contributed by atoms with Crippen molar-refractivity contribution in [2.24, 2.45) is 4.99 Å². The maximum Gasteiger partial charge on any atom is 0.306 e. The summed E-state index contributed by atoms with van der Waals surface area (Å²) >= 11 is 3.45. The molecule has 0 bridgehead atoms. The predicted molar refractivity (Wildman–Crippen MR) is 169 cm³/mol. The molecule has 9 heteroatoms. The number of nitrogens with one attached hydrogen (secondary N) is 1. The fourth-order valence-electron chi connectivity index (χ4n) is 4.81. The van der Waals surface area contributed by atoms with E-state index in [0.29, 0.717) is 43.2 Å². The zero-order chi connectivity index (χ0) is 30.9. The molecule has 0 unspecified atom stereocenters. The van der Waals surface area contributed by atoms with Crippen molar-refractivity contribution in [3.63, 3.8) is 0 Å². The number of carbonyl (C=O) groups excluding carboxylic acids is 2. The fourth-order valence-corrected chi connectivity index (χ4v) is 5.07. The molecule has 2 N–H and O–H groups in total. The second-order valence-corrected chi connectivity index (χ2v) is 12.3. The maximum atomic E-state index is 14.2. The quantitative estimate of drug-likeness (QED) is 0.175. The standard InChI is InChI=1S/C34H39BrN2O6/c1-33(2,3)43-29(39)18-20-34(32(40)36-21-19-24-10-14-27(35)15-11-24)30(25-8-5-4-6-9-25)42-31(37-34)26-12-16-28(17-13-26)41-23-7-22-38/h4-6,8-17,30,38H,7,18-23H2,1-3H3,(H,36,40)/t30-,34-/m1/s1. The highest BCUT2D eigenvalue weighted by molar-refractivity contribution is 9.10. The van der Waals surface area contributed by atoms with E-state index in [1.54, 1.807) is 12.1 Å². The monoisotopic (exact) mass is 650 g/mol. The summed E-state index contributed by atoms with van der Waals surface area (Å²) in [5.41, 5.74) is 0.468. The zero-order valence-electron chi connectivity index (χ0n) is 24.8. The lowest BCUT2D eigenvalue weighted by molar-refractivity contribution is -0.155. The Morgan fingerprint density at radius 2 is 1.72 bits per heavy atom. The summed E-state index contributed by atoms with van der Waals surface area (Å²) in [7, 11) is 0. The Balaban J connectivity index is 1.65. The average Bonchev–Trinajstić information content (AvgIpc) is 3.38. The van der Waals surface area contributed by atoms with Crippen LogP contribution in [0.15, 0.2) is 88.3 Å². The molecule has 0 radical (unpaired) electrons. The fraction of sp³-hybridized carbons (Fsp3) is 0.382. The van der Waals surface area contributed by atoms with E-state index in [1.165, 1.54) is 0 Å². The molecule has 0 aromatic heterocycles. The third-order valence-electron chi connectivity index (χ3n) is 6.88. The first-order valence-corrected chi connectivity index (χ1v) is 15.3. The molecule has 8 nitrogen and oxygen atoms in total. The van der Waals surface area contributed by atoms with Gasteiger partial charge in [0.15, 0.2) is 11.6 Å². The summed E-state index contributed by atoms with van der Waals surface area (Å²) in [4.78, 5) is 32.0. The number of benzene rings is 3. The first-order valence-electron chi connectivity index (χ1n) is 14.5. The second kappa shape index (κ2) is 14.7. The zero-order valence-corrected chi connectivity index (χ0v) is 26.4. The van der Waals surface area contributed by atoms with Crippen molar-refractivity contribution in [1.29, 1.82) is 0 Å². The summed E-state index contributed by atoms with van der Waals surface area (Å²) in [6.07, 6.45) is 0.481. The molecule has 2 atom stereocenters. The van der Waals surface area contributed by atoms with Crippen LogP contribution in [-0.2, 0) is 25.5 Å². The van der Waals surface area contributed by atoms with Crippen LogP contribution < -0.4 is 10.1 Å². The molecular formula is C34H39BrN2O6. The maximum absolute atomic E-state index is 14.2. The molecule has 0 spiro atoms. The highest BCUT2D eigenvalue weighted by Crippen LogP contribution is 2.43. The van der Waals surface area contributed by atoms with Gasteiger partial charge in [-0.25, -0.2) is 4.99 Å². The van der Waals surface area contributed by atoms with Crippen LogP contribution in [-0.4, -0.2) is 53.8 Å². The third-order valence-corrected chi connectivity index (χ3v) is 7.40. The summed E-state index contributed by atoms with van der Waals surface area (Å²) in [6, 6.07) is 24.7. The molecule has 3 aromatic rings. The van der Waals surface area contributed by atoms with Gasteiger partial charge in [0.05, 0.1) is 6.61 Å². The van der Waals surface area contributed by atoms with Gasteiger partial charge in [-0.15, -0.1) is 0 Å². The minimum Gasteiger partial charge on any atom is -0.494 e. The smallest absolute Gasteiger partial charge is 0.306 e. The van der Waals surface area contributed by atoms with E-state index < -0.39 is 23.2 Å². The minimum absolute atomic E-state index is 0.0154. The Labute approximate surface area is 261 Å². The normalized spacial score (nSPS) is 18.0. The van der Waals surface area contributed by atoms with Gasteiger partial charge in [-0.05, 0) is 81.1 Å². The van der Waals surface area contributed by atoms with Gasteiger partial charge in [0, 0.05) is 36.0 Å². The Morgan fingerprint density at radius 3 is 2.37 bits per heavy atom. The molecule has 0 saturated heterocycles. The predicted octanol–water partition coefficient (Wildman–Crippen LogP) is 5.95. The molecule has 0 saturated carbocycles. The second-order valence-electron chi connectivity index (χ2n) is 11.4. The van der Waals surface area contributed by atoms with E-state index in [4.69, 9.17) is 24.3 Å². The van der Waals surface area contributed by atoms with E-state index in [0.717, 1.165) is 15.6 Å². The summed E-state index contributed by atoms with van der Waals surface area (Å²) in [5, 5.41) is 12.1. The van der Waals surface area contributed by atoms with Gasteiger partial charge in [-0.1, -0.05) is 58.4 Å². The molecule has 1 aliphatic heterocycles. The number of nitrogens with zero attached hydrogens (tertiary/aromatic N) is 1. The molecule has 0 aliphatic carbocycles. The SMILES string of the molecule is CC(C)(C)OC(=O)CC[C@@]1(C(=O)NCCc2ccc(Br)cc2)N=C(c2ccc(OCCCO)cc2)O[C@@H]1c1ccccc1. The van der Waals surface area contributed by atoms with Crippen LogP contribution >= 0.6 is 15.9 Å².